The van der Waals surface area contributed by atoms with E-state index in [-0.39, 0.29) is 18.9 Å². The third-order valence-electron chi connectivity index (χ3n) is 2.77. The molecule has 0 unspecified atom stereocenters. The molecule has 0 heterocycles. The van der Waals surface area contributed by atoms with Crippen molar-refractivity contribution in [2.75, 3.05) is 5.32 Å². The van der Waals surface area contributed by atoms with E-state index in [2.05, 4.69) is 10.5 Å². The summed E-state index contributed by atoms with van der Waals surface area (Å²) >= 11 is 17.5. The van der Waals surface area contributed by atoms with Crippen LogP contribution in [0.2, 0.25) is 15.1 Å². The first-order valence-electron chi connectivity index (χ1n) is 6.68. The molecule has 1 amide bonds. The van der Waals surface area contributed by atoms with Crippen LogP contribution < -0.4 is 5.32 Å². The molecular formula is C16H13Cl3N2O2. The monoisotopic (exact) mass is 370 g/mol. The van der Waals surface area contributed by atoms with Crippen LogP contribution in [0.25, 0.3) is 0 Å². The Balaban J connectivity index is 1.72. The average Bonchev–Trinajstić information content (AvgIpc) is 2.53. The Labute approximate surface area is 149 Å². The number of halogens is 3. The minimum absolute atomic E-state index is 0.101. The molecule has 2 aromatic carbocycles. The molecule has 0 aromatic heterocycles. The van der Waals surface area contributed by atoms with E-state index < -0.39 is 0 Å². The van der Waals surface area contributed by atoms with Crippen molar-refractivity contribution in [3.8, 4) is 0 Å². The fourth-order valence-corrected chi connectivity index (χ4v) is 2.11. The molecule has 120 valence electrons. The maximum absolute atomic E-state index is 11.7. The maximum atomic E-state index is 11.7. The van der Waals surface area contributed by atoms with Crippen LogP contribution in [0, 0.1) is 0 Å². The van der Waals surface area contributed by atoms with Crippen molar-refractivity contribution in [1.82, 2.24) is 0 Å². The van der Waals surface area contributed by atoms with E-state index in [0.717, 1.165) is 5.56 Å². The molecule has 1 N–H and O–H groups in total. The Hall–Kier alpha value is -1.75. The Bertz CT molecular complexity index is 703. The lowest BCUT2D eigenvalue weighted by Gasteiger charge is -2.03. The van der Waals surface area contributed by atoms with Gasteiger partial charge in [-0.2, -0.15) is 0 Å². The highest BCUT2D eigenvalue weighted by Gasteiger charge is 2.01. The lowest BCUT2D eigenvalue weighted by Crippen LogP contribution is -2.11. The third kappa shape index (κ3) is 6.10. The number of hydrogen-bond acceptors (Lipinski definition) is 3. The van der Waals surface area contributed by atoms with E-state index in [1.165, 1.54) is 6.21 Å². The van der Waals surface area contributed by atoms with Crippen LogP contribution >= 0.6 is 34.8 Å². The Morgan fingerprint density at radius 3 is 2.52 bits per heavy atom. The molecule has 0 spiro atoms. The van der Waals surface area contributed by atoms with Crippen LogP contribution in [0.3, 0.4) is 0 Å². The van der Waals surface area contributed by atoms with Gasteiger partial charge in [-0.05, 0) is 42.0 Å². The zero-order chi connectivity index (χ0) is 16.7. The van der Waals surface area contributed by atoms with Crippen molar-refractivity contribution < 1.29 is 9.63 Å². The van der Waals surface area contributed by atoms with Gasteiger partial charge in [-0.1, -0.05) is 46.0 Å². The summed E-state index contributed by atoms with van der Waals surface area (Å²) in [6, 6.07) is 12.0. The molecule has 0 atom stereocenters. The summed E-state index contributed by atoms with van der Waals surface area (Å²) in [6.07, 6.45) is 1.49. The Morgan fingerprint density at radius 1 is 1.09 bits per heavy atom. The molecule has 0 saturated carbocycles. The normalized spacial score (nSPS) is 10.7. The van der Waals surface area contributed by atoms with Gasteiger partial charge in [0.25, 0.3) is 0 Å². The topological polar surface area (TPSA) is 50.7 Å². The van der Waals surface area contributed by atoms with Crippen LogP contribution in [0.15, 0.2) is 47.6 Å². The number of carbonyl (C=O) groups is 1. The molecule has 0 aliphatic carbocycles. The summed E-state index contributed by atoms with van der Waals surface area (Å²) in [6.45, 7) is 0.242. The second kappa shape index (κ2) is 8.77. The average molecular weight is 372 g/mol. The van der Waals surface area contributed by atoms with E-state index in [1.807, 2.05) is 0 Å². The van der Waals surface area contributed by atoms with Crippen LogP contribution in [-0.4, -0.2) is 12.1 Å². The second-order valence-corrected chi connectivity index (χ2v) is 5.82. The van der Waals surface area contributed by atoms with Gasteiger partial charge in [-0.25, -0.2) is 0 Å². The molecule has 0 radical (unpaired) electrons. The van der Waals surface area contributed by atoms with Crippen LogP contribution in [0.4, 0.5) is 5.69 Å². The summed E-state index contributed by atoms with van der Waals surface area (Å²) in [7, 11) is 0. The molecular weight excluding hydrogens is 359 g/mol. The van der Waals surface area contributed by atoms with Crippen molar-refractivity contribution in [2.45, 2.75) is 13.0 Å². The predicted molar refractivity (Wildman–Crippen MR) is 94.4 cm³/mol. The first-order chi connectivity index (χ1) is 11.0. The summed E-state index contributed by atoms with van der Waals surface area (Å²) in [4.78, 5) is 16.8. The fourth-order valence-electron chi connectivity index (χ4n) is 1.66. The SMILES string of the molecule is O=C(C/C=N\OCc1ccc(Cl)c(Cl)c1)Nc1ccc(Cl)cc1. The number of carbonyl (C=O) groups excluding carboxylic acids is 1. The molecule has 7 heteroatoms. The first-order valence-corrected chi connectivity index (χ1v) is 7.81. The Kier molecular flexibility index (Phi) is 6.71. The van der Waals surface area contributed by atoms with Gasteiger partial charge in [0.1, 0.15) is 6.61 Å². The number of amides is 1. The number of nitrogens with zero attached hydrogens (tertiary/aromatic N) is 1. The highest BCUT2D eigenvalue weighted by molar-refractivity contribution is 6.42. The minimum atomic E-state index is -0.200. The zero-order valence-electron chi connectivity index (χ0n) is 11.9. The van der Waals surface area contributed by atoms with E-state index in [1.54, 1.807) is 42.5 Å². The highest BCUT2D eigenvalue weighted by atomic mass is 35.5. The molecule has 2 aromatic rings. The molecule has 4 nitrogen and oxygen atoms in total. The zero-order valence-corrected chi connectivity index (χ0v) is 14.2. The molecule has 0 fully saturated rings. The van der Waals surface area contributed by atoms with Crippen LogP contribution in [0.5, 0.6) is 0 Å². The summed E-state index contributed by atoms with van der Waals surface area (Å²) < 4.78 is 0. The molecule has 0 bridgehead atoms. The van der Waals surface area contributed by atoms with Gasteiger partial charge < -0.3 is 10.2 Å². The fraction of sp³-hybridized carbons (Fsp3) is 0.125. The number of oxime groups is 1. The smallest absolute Gasteiger partial charge is 0.229 e. The van der Waals surface area contributed by atoms with Crippen molar-refractivity contribution in [3.63, 3.8) is 0 Å². The van der Waals surface area contributed by atoms with Crippen molar-refractivity contribution in [3.05, 3.63) is 63.1 Å². The van der Waals surface area contributed by atoms with Gasteiger partial charge in [0, 0.05) is 10.7 Å². The van der Waals surface area contributed by atoms with Gasteiger partial charge >= 0.3 is 0 Å². The molecule has 0 aliphatic heterocycles. The van der Waals surface area contributed by atoms with E-state index >= 15 is 0 Å². The number of anilines is 1. The second-order valence-electron chi connectivity index (χ2n) is 4.57. The van der Waals surface area contributed by atoms with E-state index in [4.69, 9.17) is 39.6 Å². The third-order valence-corrected chi connectivity index (χ3v) is 3.76. The summed E-state index contributed by atoms with van der Waals surface area (Å²) in [5.41, 5.74) is 1.51. The molecule has 2 rings (SSSR count). The van der Waals surface area contributed by atoms with Crippen LogP contribution in [-0.2, 0) is 16.2 Å². The van der Waals surface area contributed by atoms with Crippen LogP contribution in [0.1, 0.15) is 12.0 Å². The predicted octanol–water partition coefficient (Wildman–Crippen LogP) is 5.18. The molecule has 23 heavy (non-hydrogen) atoms. The Morgan fingerprint density at radius 2 is 1.83 bits per heavy atom. The number of rotatable bonds is 6. The van der Waals surface area contributed by atoms with E-state index in [9.17, 15) is 4.79 Å². The van der Waals surface area contributed by atoms with Gasteiger partial charge in [0.05, 0.1) is 22.7 Å². The number of benzene rings is 2. The van der Waals surface area contributed by atoms with Gasteiger partial charge in [-0.15, -0.1) is 0 Å². The largest absolute Gasteiger partial charge is 0.391 e. The van der Waals surface area contributed by atoms with Crippen molar-refractivity contribution in [2.24, 2.45) is 5.16 Å². The summed E-state index contributed by atoms with van der Waals surface area (Å²) in [5.74, 6) is -0.200. The molecule has 0 saturated heterocycles. The maximum Gasteiger partial charge on any atom is 0.229 e. The lowest BCUT2D eigenvalue weighted by molar-refractivity contribution is -0.115. The van der Waals surface area contributed by atoms with Gasteiger partial charge in [0.15, 0.2) is 0 Å². The highest BCUT2D eigenvalue weighted by Crippen LogP contribution is 2.22. The lowest BCUT2D eigenvalue weighted by atomic mass is 10.2. The number of nitrogens with one attached hydrogen (secondary N) is 1. The molecule has 0 aliphatic rings. The van der Waals surface area contributed by atoms with Crippen molar-refractivity contribution in [1.29, 1.82) is 0 Å². The van der Waals surface area contributed by atoms with E-state index in [0.29, 0.717) is 20.8 Å². The van der Waals surface area contributed by atoms with Crippen molar-refractivity contribution >= 4 is 52.6 Å². The summed E-state index contributed by atoms with van der Waals surface area (Å²) in [5, 5.41) is 8.00. The minimum Gasteiger partial charge on any atom is -0.391 e. The standard InChI is InChI=1S/C16H13Cl3N2O2/c17-12-2-4-13(5-3-12)21-16(22)7-8-20-23-10-11-1-6-14(18)15(19)9-11/h1-6,8-9H,7,10H2,(H,21,22)/b20-8-. The quantitative estimate of drug-likeness (QED) is 0.562. The number of hydrogen-bond donors (Lipinski definition) is 1. The first kappa shape index (κ1) is 17.6. The van der Waals surface area contributed by atoms with Gasteiger partial charge in [0.2, 0.25) is 5.91 Å². The van der Waals surface area contributed by atoms with Gasteiger partial charge in [-0.3, -0.25) is 4.79 Å².